The molecule has 18 heavy (non-hydrogen) atoms. The first-order chi connectivity index (χ1) is 8.43. The summed E-state index contributed by atoms with van der Waals surface area (Å²) in [5, 5.41) is 18.6. The predicted molar refractivity (Wildman–Crippen MR) is 65.8 cm³/mol. The summed E-state index contributed by atoms with van der Waals surface area (Å²) in [6.45, 7) is 1.58. The Balaban J connectivity index is 2.67. The van der Waals surface area contributed by atoms with E-state index < -0.39 is 23.9 Å². The SMILES string of the molecule is CC(CN(C)C(=O)[C@H](O)c1ccccc1)C(=O)O. The molecule has 1 amide bonds. The molecule has 1 unspecified atom stereocenters. The van der Waals surface area contributed by atoms with E-state index in [1.807, 2.05) is 0 Å². The van der Waals surface area contributed by atoms with Gasteiger partial charge in [0.15, 0.2) is 6.10 Å². The maximum atomic E-state index is 11.9. The second kappa shape index (κ2) is 6.16. The fourth-order valence-corrected chi connectivity index (χ4v) is 1.57. The van der Waals surface area contributed by atoms with Crippen LogP contribution in [0.3, 0.4) is 0 Å². The summed E-state index contributed by atoms with van der Waals surface area (Å²) in [4.78, 5) is 23.8. The van der Waals surface area contributed by atoms with Crippen molar-refractivity contribution >= 4 is 11.9 Å². The van der Waals surface area contributed by atoms with Crippen molar-refractivity contribution in [3.8, 4) is 0 Å². The van der Waals surface area contributed by atoms with Gasteiger partial charge < -0.3 is 15.1 Å². The van der Waals surface area contributed by atoms with Crippen molar-refractivity contribution in [2.45, 2.75) is 13.0 Å². The van der Waals surface area contributed by atoms with Crippen LogP contribution in [-0.2, 0) is 9.59 Å². The highest BCUT2D eigenvalue weighted by molar-refractivity contribution is 5.82. The minimum Gasteiger partial charge on any atom is -0.481 e. The molecule has 2 N–H and O–H groups in total. The first kappa shape index (κ1) is 14.2. The smallest absolute Gasteiger partial charge is 0.308 e. The Bertz CT molecular complexity index is 418. The third-order valence-electron chi connectivity index (χ3n) is 2.69. The van der Waals surface area contributed by atoms with Gasteiger partial charge in [-0.25, -0.2) is 0 Å². The third-order valence-corrected chi connectivity index (χ3v) is 2.69. The fourth-order valence-electron chi connectivity index (χ4n) is 1.57. The first-order valence-electron chi connectivity index (χ1n) is 5.64. The van der Waals surface area contributed by atoms with Crippen LogP contribution >= 0.6 is 0 Å². The lowest BCUT2D eigenvalue weighted by Crippen LogP contribution is -2.36. The van der Waals surface area contributed by atoms with E-state index in [2.05, 4.69) is 0 Å². The van der Waals surface area contributed by atoms with E-state index in [0.29, 0.717) is 5.56 Å². The Hall–Kier alpha value is -1.88. The molecule has 0 aliphatic carbocycles. The van der Waals surface area contributed by atoms with E-state index in [1.54, 1.807) is 30.3 Å². The first-order valence-corrected chi connectivity index (χ1v) is 5.64. The summed E-state index contributed by atoms with van der Waals surface area (Å²) in [7, 11) is 1.48. The molecule has 0 saturated heterocycles. The number of rotatable bonds is 5. The van der Waals surface area contributed by atoms with Gasteiger partial charge in [-0.1, -0.05) is 37.3 Å². The summed E-state index contributed by atoms with van der Waals surface area (Å²) in [5.74, 6) is -2.14. The van der Waals surface area contributed by atoms with Crippen LogP contribution in [0.5, 0.6) is 0 Å². The minimum absolute atomic E-state index is 0.0675. The number of aliphatic carboxylic acids is 1. The van der Waals surface area contributed by atoms with Crippen molar-refractivity contribution in [1.82, 2.24) is 4.90 Å². The van der Waals surface area contributed by atoms with E-state index in [0.717, 1.165) is 0 Å². The molecule has 0 aromatic heterocycles. The quantitative estimate of drug-likeness (QED) is 0.815. The van der Waals surface area contributed by atoms with Gasteiger partial charge in [-0.3, -0.25) is 9.59 Å². The molecule has 0 aliphatic heterocycles. The number of benzene rings is 1. The molecule has 5 heteroatoms. The van der Waals surface area contributed by atoms with Gasteiger partial charge in [0.05, 0.1) is 5.92 Å². The zero-order valence-electron chi connectivity index (χ0n) is 10.4. The molecule has 1 aromatic carbocycles. The van der Waals surface area contributed by atoms with Crippen LogP contribution in [0.2, 0.25) is 0 Å². The van der Waals surface area contributed by atoms with Crippen LogP contribution in [0.4, 0.5) is 0 Å². The molecule has 0 bridgehead atoms. The maximum Gasteiger partial charge on any atom is 0.308 e. The molecule has 2 atom stereocenters. The number of carbonyl (C=O) groups is 2. The molecule has 0 heterocycles. The van der Waals surface area contributed by atoms with Gasteiger partial charge in [0, 0.05) is 13.6 Å². The Labute approximate surface area is 106 Å². The fraction of sp³-hybridized carbons (Fsp3) is 0.385. The van der Waals surface area contributed by atoms with Crippen LogP contribution in [0.25, 0.3) is 0 Å². The standard InChI is InChI=1S/C13H17NO4/c1-9(13(17)18)8-14(2)12(16)11(15)10-6-4-3-5-7-10/h3-7,9,11,15H,8H2,1-2H3,(H,17,18)/t9?,11-/m1/s1. The number of aliphatic hydroxyl groups is 1. The highest BCUT2D eigenvalue weighted by Crippen LogP contribution is 2.15. The predicted octanol–water partition coefficient (Wildman–Crippen LogP) is 0.899. The average molecular weight is 251 g/mol. The molecular formula is C13H17NO4. The number of hydrogen-bond acceptors (Lipinski definition) is 3. The van der Waals surface area contributed by atoms with E-state index >= 15 is 0 Å². The maximum absolute atomic E-state index is 11.9. The van der Waals surface area contributed by atoms with Crippen LogP contribution in [0, 0.1) is 5.92 Å². The monoisotopic (exact) mass is 251 g/mol. The minimum atomic E-state index is -1.25. The molecule has 0 fully saturated rings. The highest BCUT2D eigenvalue weighted by atomic mass is 16.4. The molecule has 98 valence electrons. The van der Waals surface area contributed by atoms with E-state index in [1.165, 1.54) is 18.9 Å². The largest absolute Gasteiger partial charge is 0.481 e. The number of carboxylic acids is 1. The number of aliphatic hydroxyl groups excluding tert-OH is 1. The summed E-state index contributed by atoms with van der Waals surface area (Å²) < 4.78 is 0. The number of amides is 1. The summed E-state index contributed by atoms with van der Waals surface area (Å²) in [5.41, 5.74) is 0.498. The normalized spacial score (nSPS) is 13.7. The van der Waals surface area contributed by atoms with Gasteiger partial charge in [0.1, 0.15) is 0 Å². The number of likely N-dealkylation sites (N-methyl/N-ethyl adjacent to an activating group) is 1. The lowest BCUT2D eigenvalue weighted by molar-refractivity contribution is -0.145. The molecule has 0 aliphatic rings. The van der Waals surface area contributed by atoms with Crippen molar-refractivity contribution < 1.29 is 19.8 Å². The van der Waals surface area contributed by atoms with E-state index in [-0.39, 0.29) is 6.54 Å². The summed E-state index contributed by atoms with van der Waals surface area (Å²) in [6.07, 6.45) is -1.25. The van der Waals surface area contributed by atoms with Gasteiger partial charge in [-0.15, -0.1) is 0 Å². The third kappa shape index (κ3) is 3.56. The van der Waals surface area contributed by atoms with E-state index in [9.17, 15) is 14.7 Å². The molecule has 1 aromatic rings. The molecule has 0 radical (unpaired) electrons. The van der Waals surface area contributed by atoms with Crippen molar-refractivity contribution in [3.05, 3.63) is 35.9 Å². The van der Waals surface area contributed by atoms with Crippen LogP contribution in [0.15, 0.2) is 30.3 Å². The van der Waals surface area contributed by atoms with E-state index in [4.69, 9.17) is 5.11 Å². The lowest BCUT2D eigenvalue weighted by Gasteiger charge is -2.22. The second-order valence-corrected chi connectivity index (χ2v) is 4.27. The Morgan fingerprint density at radius 3 is 2.33 bits per heavy atom. The summed E-state index contributed by atoms with van der Waals surface area (Å²) >= 11 is 0. The number of carboxylic acid groups (broad SMARTS) is 1. The van der Waals surface area contributed by atoms with Crippen molar-refractivity contribution in [3.63, 3.8) is 0 Å². The molecule has 0 saturated carbocycles. The van der Waals surface area contributed by atoms with Crippen molar-refractivity contribution in [2.75, 3.05) is 13.6 Å². The zero-order valence-corrected chi connectivity index (χ0v) is 10.4. The molecule has 0 spiro atoms. The Kier molecular flexibility index (Phi) is 4.85. The highest BCUT2D eigenvalue weighted by Gasteiger charge is 2.23. The van der Waals surface area contributed by atoms with Crippen LogP contribution < -0.4 is 0 Å². The van der Waals surface area contributed by atoms with Crippen molar-refractivity contribution in [2.24, 2.45) is 5.92 Å². The zero-order chi connectivity index (χ0) is 13.7. The van der Waals surface area contributed by atoms with Crippen LogP contribution in [0.1, 0.15) is 18.6 Å². The molecule has 1 rings (SSSR count). The number of carbonyl (C=O) groups excluding carboxylic acids is 1. The van der Waals surface area contributed by atoms with Gasteiger partial charge in [0.2, 0.25) is 0 Å². The number of nitrogens with zero attached hydrogens (tertiary/aromatic N) is 1. The van der Waals surface area contributed by atoms with Gasteiger partial charge >= 0.3 is 5.97 Å². The summed E-state index contributed by atoms with van der Waals surface area (Å²) in [6, 6.07) is 8.54. The molecular weight excluding hydrogens is 234 g/mol. The van der Waals surface area contributed by atoms with Gasteiger partial charge in [-0.2, -0.15) is 0 Å². The molecule has 5 nitrogen and oxygen atoms in total. The van der Waals surface area contributed by atoms with Crippen LogP contribution in [-0.4, -0.2) is 40.6 Å². The number of hydrogen-bond donors (Lipinski definition) is 2. The second-order valence-electron chi connectivity index (χ2n) is 4.27. The Morgan fingerprint density at radius 2 is 1.83 bits per heavy atom. The Morgan fingerprint density at radius 1 is 1.28 bits per heavy atom. The topological polar surface area (TPSA) is 77.8 Å². The van der Waals surface area contributed by atoms with Gasteiger partial charge in [0.25, 0.3) is 5.91 Å². The van der Waals surface area contributed by atoms with Crippen molar-refractivity contribution in [1.29, 1.82) is 0 Å². The van der Waals surface area contributed by atoms with Gasteiger partial charge in [-0.05, 0) is 5.56 Å². The average Bonchev–Trinajstić information content (AvgIpc) is 2.37. The lowest BCUT2D eigenvalue weighted by atomic mass is 10.1.